The van der Waals surface area contributed by atoms with Crippen molar-refractivity contribution < 1.29 is 19.1 Å². The lowest BCUT2D eigenvalue weighted by Crippen LogP contribution is -2.14. The molecule has 1 amide bonds. The van der Waals surface area contributed by atoms with E-state index in [0.29, 0.717) is 39.4 Å². The van der Waals surface area contributed by atoms with E-state index in [4.69, 9.17) is 27.9 Å². The fraction of sp³-hybridized carbons (Fsp3) is 0.250. The van der Waals surface area contributed by atoms with E-state index in [9.17, 15) is 9.59 Å². The zero-order chi connectivity index (χ0) is 17.5. The summed E-state index contributed by atoms with van der Waals surface area (Å²) in [7, 11) is 1.30. The molecule has 0 aliphatic heterocycles. The van der Waals surface area contributed by atoms with Crippen LogP contribution < -0.4 is 10.1 Å². The number of benzene rings is 1. The molecule has 1 heterocycles. The summed E-state index contributed by atoms with van der Waals surface area (Å²) < 4.78 is 10.2. The van der Waals surface area contributed by atoms with E-state index in [1.54, 1.807) is 29.6 Å². The minimum Gasteiger partial charge on any atom is -0.492 e. The number of carbonyl (C=O) groups is 2. The van der Waals surface area contributed by atoms with Gasteiger partial charge < -0.3 is 14.8 Å². The van der Waals surface area contributed by atoms with E-state index in [1.165, 1.54) is 18.4 Å². The fourth-order valence-electron chi connectivity index (χ4n) is 1.88. The van der Waals surface area contributed by atoms with Gasteiger partial charge in [-0.2, -0.15) is 0 Å². The Morgan fingerprint density at radius 2 is 2.04 bits per heavy atom. The molecular formula is C16H15Cl2NO4S. The van der Waals surface area contributed by atoms with Crippen LogP contribution in [0.2, 0.25) is 10.0 Å². The van der Waals surface area contributed by atoms with E-state index in [-0.39, 0.29) is 12.3 Å². The Labute approximate surface area is 153 Å². The van der Waals surface area contributed by atoms with Gasteiger partial charge in [0.25, 0.3) is 0 Å². The van der Waals surface area contributed by atoms with E-state index in [1.807, 2.05) is 0 Å². The highest BCUT2D eigenvalue weighted by Gasteiger charge is 2.15. The molecule has 0 saturated carbocycles. The van der Waals surface area contributed by atoms with Crippen LogP contribution in [0.3, 0.4) is 0 Å². The van der Waals surface area contributed by atoms with Crippen LogP contribution in [0.4, 0.5) is 5.69 Å². The Morgan fingerprint density at radius 1 is 1.25 bits per heavy atom. The van der Waals surface area contributed by atoms with Gasteiger partial charge in [-0.05, 0) is 36.1 Å². The second kappa shape index (κ2) is 8.92. The summed E-state index contributed by atoms with van der Waals surface area (Å²) >= 11 is 13.0. The van der Waals surface area contributed by atoms with Gasteiger partial charge in [-0.15, -0.1) is 11.3 Å². The minimum atomic E-state index is -0.471. The maximum Gasteiger partial charge on any atom is 0.350 e. The lowest BCUT2D eigenvalue weighted by Gasteiger charge is -2.08. The number of thiophene rings is 1. The molecule has 0 bridgehead atoms. The molecule has 24 heavy (non-hydrogen) atoms. The number of methoxy groups -OCH3 is 1. The molecule has 0 aliphatic carbocycles. The molecule has 2 rings (SSSR count). The Balaban J connectivity index is 1.78. The molecule has 1 aromatic carbocycles. The van der Waals surface area contributed by atoms with Crippen molar-refractivity contribution in [1.82, 2.24) is 0 Å². The SMILES string of the molecule is COC(=O)c1sccc1NC(=O)CCCOc1ccc(Cl)cc1Cl. The summed E-state index contributed by atoms with van der Waals surface area (Å²) in [5.41, 5.74) is 0.457. The second-order valence-electron chi connectivity index (χ2n) is 4.73. The number of hydrogen-bond donors (Lipinski definition) is 1. The summed E-state index contributed by atoms with van der Waals surface area (Å²) in [4.78, 5) is 23.9. The van der Waals surface area contributed by atoms with Crippen LogP contribution in [0.5, 0.6) is 5.75 Å². The monoisotopic (exact) mass is 387 g/mol. The Kier molecular flexibility index (Phi) is 6.90. The molecule has 1 N–H and O–H groups in total. The second-order valence-corrected chi connectivity index (χ2v) is 6.49. The van der Waals surface area contributed by atoms with Crippen LogP contribution in [-0.4, -0.2) is 25.6 Å². The molecule has 2 aromatic rings. The van der Waals surface area contributed by atoms with Gasteiger partial charge >= 0.3 is 5.97 Å². The van der Waals surface area contributed by atoms with Gasteiger partial charge in [0.2, 0.25) is 5.91 Å². The van der Waals surface area contributed by atoms with Crippen molar-refractivity contribution in [3.63, 3.8) is 0 Å². The average Bonchev–Trinajstić information content (AvgIpc) is 3.00. The predicted octanol–water partition coefficient (Wildman–Crippen LogP) is 4.64. The zero-order valence-corrected chi connectivity index (χ0v) is 15.1. The van der Waals surface area contributed by atoms with E-state index < -0.39 is 5.97 Å². The first-order valence-corrected chi connectivity index (χ1v) is 8.68. The highest BCUT2D eigenvalue weighted by Crippen LogP contribution is 2.27. The molecule has 0 radical (unpaired) electrons. The van der Waals surface area contributed by atoms with Crippen LogP contribution in [0.1, 0.15) is 22.5 Å². The quantitative estimate of drug-likeness (QED) is 0.555. The third-order valence-corrected chi connectivity index (χ3v) is 4.43. The van der Waals surface area contributed by atoms with Crippen LogP contribution >= 0.6 is 34.5 Å². The molecule has 128 valence electrons. The standard InChI is InChI=1S/C16H15Cl2NO4S/c1-22-16(21)15-12(6-8-24-15)19-14(20)3-2-7-23-13-5-4-10(17)9-11(13)18/h4-6,8-9H,2-3,7H2,1H3,(H,19,20). The maximum atomic E-state index is 11.9. The van der Waals surface area contributed by atoms with Gasteiger partial charge in [0.15, 0.2) is 0 Å². The number of nitrogens with one attached hydrogen (secondary N) is 1. The fourth-order valence-corrected chi connectivity index (χ4v) is 3.11. The van der Waals surface area contributed by atoms with Crippen LogP contribution in [0, 0.1) is 0 Å². The largest absolute Gasteiger partial charge is 0.492 e. The number of anilines is 1. The molecule has 0 aliphatic rings. The number of carbonyl (C=O) groups excluding carboxylic acids is 2. The maximum absolute atomic E-state index is 11.9. The number of esters is 1. The third kappa shape index (κ3) is 5.12. The smallest absolute Gasteiger partial charge is 0.350 e. The lowest BCUT2D eigenvalue weighted by atomic mass is 10.3. The predicted molar refractivity (Wildman–Crippen MR) is 95.5 cm³/mol. The van der Waals surface area contributed by atoms with Crippen LogP contribution in [0.25, 0.3) is 0 Å². The van der Waals surface area contributed by atoms with Gasteiger partial charge in [-0.3, -0.25) is 4.79 Å². The van der Waals surface area contributed by atoms with Crippen molar-refractivity contribution in [3.8, 4) is 5.75 Å². The number of hydrogen-bond acceptors (Lipinski definition) is 5. The third-order valence-electron chi connectivity index (χ3n) is 3.01. The van der Waals surface area contributed by atoms with Gasteiger partial charge in [0.1, 0.15) is 10.6 Å². The summed E-state index contributed by atoms with van der Waals surface area (Å²) in [6.45, 7) is 0.336. The van der Waals surface area contributed by atoms with Gasteiger partial charge in [-0.25, -0.2) is 4.79 Å². The highest BCUT2D eigenvalue weighted by molar-refractivity contribution is 7.12. The molecule has 5 nitrogen and oxygen atoms in total. The number of amides is 1. The van der Waals surface area contributed by atoms with E-state index >= 15 is 0 Å². The van der Waals surface area contributed by atoms with Crippen molar-refractivity contribution in [3.05, 3.63) is 44.6 Å². The summed E-state index contributed by atoms with van der Waals surface area (Å²) in [5.74, 6) is -0.155. The molecular weight excluding hydrogens is 373 g/mol. The molecule has 0 fully saturated rings. The van der Waals surface area contributed by atoms with Gasteiger partial charge in [0, 0.05) is 11.4 Å². The number of rotatable bonds is 7. The number of halogens is 2. The molecule has 0 unspecified atom stereocenters. The molecule has 1 aromatic heterocycles. The first kappa shape index (κ1) is 18.6. The Hall–Kier alpha value is -1.76. The van der Waals surface area contributed by atoms with Crippen molar-refractivity contribution in [2.24, 2.45) is 0 Å². The summed E-state index contributed by atoms with van der Waals surface area (Å²) in [6, 6.07) is 6.62. The van der Waals surface area contributed by atoms with Crippen molar-refractivity contribution in [2.45, 2.75) is 12.8 Å². The molecule has 8 heteroatoms. The number of ether oxygens (including phenoxy) is 2. The molecule has 0 saturated heterocycles. The topological polar surface area (TPSA) is 64.6 Å². The van der Waals surface area contributed by atoms with Crippen LogP contribution in [0.15, 0.2) is 29.6 Å². The van der Waals surface area contributed by atoms with Crippen LogP contribution in [-0.2, 0) is 9.53 Å². The Bertz CT molecular complexity index is 733. The average molecular weight is 388 g/mol. The van der Waals surface area contributed by atoms with E-state index in [2.05, 4.69) is 10.1 Å². The van der Waals surface area contributed by atoms with Crippen molar-refractivity contribution >= 4 is 52.1 Å². The molecule has 0 atom stereocenters. The first-order valence-electron chi connectivity index (χ1n) is 7.04. The summed E-state index contributed by atoms with van der Waals surface area (Å²) in [5, 5.41) is 5.37. The first-order chi connectivity index (χ1) is 11.5. The van der Waals surface area contributed by atoms with E-state index in [0.717, 1.165) is 0 Å². The zero-order valence-electron chi connectivity index (χ0n) is 12.8. The van der Waals surface area contributed by atoms with Crippen molar-refractivity contribution in [1.29, 1.82) is 0 Å². The normalized spacial score (nSPS) is 10.3. The van der Waals surface area contributed by atoms with Gasteiger partial charge in [-0.1, -0.05) is 23.2 Å². The van der Waals surface area contributed by atoms with Crippen molar-refractivity contribution in [2.75, 3.05) is 19.0 Å². The molecule has 0 spiro atoms. The summed E-state index contributed by atoms with van der Waals surface area (Å²) in [6.07, 6.45) is 0.754. The highest BCUT2D eigenvalue weighted by atomic mass is 35.5. The Morgan fingerprint density at radius 3 is 2.75 bits per heavy atom. The minimum absolute atomic E-state index is 0.204. The van der Waals surface area contributed by atoms with Gasteiger partial charge in [0.05, 0.1) is 24.4 Å². The lowest BCUT2D eigenvalue weighted by molar-refractivity contribution is -0.116.